The van der Waals surface area contributed by atoms with Crippen LogP contribution in [-0.4, -0.2) is 69.5 Å². The van der Waals surface area contributed by atoms with Crippen molar-refractivity contribution in [3.63, 3.8) is 0 Å². The summed E-state index contributed by atoms with van der Waals surface area (Å²) in [4.78, 5) is 35.0. The normalized spacial score (nSPS) is 19.6. The second-order valence-electron chi connectivity index (χ2n) is 18.2. The number of carbonyl (C=O) groups excluding carboxylic acids is 2. The molecule has 4 atom stereocenters. The summed E-state index contributed by atoms with van der Waals surface area (Å²) in [5.74, 6) is 1.94. The van der Waals surface area contributed by atoms with Gasteiger partial charge in [0.15, 0.2) is 11.6 Å². The molecule has 2 fully saturated rings. The first kappa shape index (κ1) is 47.1. The molecule has 0 bridgehead atoms. The third-order valence-electron chi connectivity index (χ3n) is 10.7. The maximum absolute atomic E-state index is 12.9. The molecule has 0 saturated heterocycles. The predicted molar refractivity (Wildman–Crippen MR) is 218 cm³/mol. The molecule has 0 radical (unpaired) electrons. The standard InChI is InChI=1S/C41H69ClN6O8S/c1-40(2,3)53-36(49)25-31(19-10-16-29-14-8-7-9-15-29)38-45-34(47-55-38)27-43-33-21-12-18-30(24-33)17-11-20-32(26-37(50)54-41(4,5)6)39-46-35(48-56-39)28-44-57(51,52)23-13-22-42/h29-33,43-44H,7-28H2,1-6H3/t30?,31-,32-,33?/m1/s1. The van der Waals surface area contributed by atoms with E-state index < -0.39 is 21.2 Å². The number of rotatable bonds is 23. The van der Waals surface area contributed by atoms with Crippen molar-refractivity contribution in [1.82, 2.24) is 30.3 Å². The van der Waals surface area contributed by atoms with Gasteiger partial charge in [0.25, 0.3) is 0 Å². The Kier molecular flexibility index (Phi) is 18.7. The summed E-state index contributed by atoms with van der Waals surface area (Å²) >= 11 is 5.65. The fourth-order valence-electron chi connectivity index (χ4n) is 8.05. The van der Waals surface area contributed by atoms with Gasteiger partial charge in [-0.3, -0.25) is 9.59 Å². The molecule has 2 saturated carbocycles. The van der Waals surface area contributed by atoms with E-state index in [1.165, 1.54) is 38.5 Å². The highest BCUT2D eigenvalue weighted by atomic mass is 35.5. The summed E-state index contributed by atoms with van der Waals surface area (Å²) in [5.41, 5.74) is -1.19. The first-order valence-electron chi connectivity index (χ1n) is 21.3. The SMILES string of the molecule is CC(C)(C)OC(=O)C[C@@H](CCCC1CCCCC1)c1nc(CNC2CCCC(CCC[C@H](CC(=O)OC(C)(C)C)c3nc(CNS(=O)(=O)CCCCl)no3)C2)no1. The molecule has 0 aliphatic heterocycles. The number of nitrogens with one attached hydrogen (secondary N) is 2. The molecular formula is C41H69ClN6O8S. The third kappa shape index (κ3) is 18.5. The minimum absolute atomic E-state index is 0.0844. The van der Waals surface area contributed by atoms with Gasteiger partial charge in [0, 0.05) is 23.8 Å². The molecule has 57 heavy (non-hydrogen) atoms. The summed E-state index contributed by atoms with van der Waals surface area (Å²) in [6, 6.07) is 0.308. The minimum Gasteiger partial charge on any atom is -0.460 e. The molecule has 0 aromatic carbocycles. The second-order valence-corrected chi connectivity index (χ2v) is 20.5. The van der Waals surface area contributed by atoms with Crippen molar-refractivity contribution in [3.8, 4) is 0 Å². The number of nitrogens with zero attached hydrogens (tertiary/aromatic N) is 4. The van der Waals surface area contributed by atoms with E-state index in [2.05, 4.69) is 25.3 Å². The van der Waals surface area contributed by atoms with Gasteiger partial charge in [0.05, 0.1) is 31.7 Å². The molecule has 0 spiro atoms. The van der Waals surface area contributed by atoms with E-state index in [-0.39, 0.29) is 60.6 Å². The Bertz CT molecular complexity index is 1610. The fraction of sp³-hybridized carbons (Fsp3) is 0.854. The van der Waals surface area contributed by atoms with Crippen molar-refractivity contribution in [2.24, 2.45) is 11.8 Å². The number of alkyl halides is 1. The quantitative estimate of drug-likeness (QED) is 0.0803. The summed E-state index contributed by atoms with van der Waals surface area (Å²) < 4.78 is 49.6. The number of aromatic nitrogens is 4. The zero-order chi connectivity index (χ0) is 41.5. The van der Waals surface area contributed by atoms with Crippen molar-refractivity contribution in [3.05, 3.63) is 23.4 Å². The average Bonchev–Trinajstić information content (AvgIpc) is 3.81. The van der Waals surface area contributed by atoms with Crippen LogP contribution in [-0.2, 0) is 42.2 Å². The van der Waals surface area contributed by atoms with Crippen LogP contribution in [0.25, 0.3) is 0 Å². The van der Waals surface area contributed by atoms with E-state index in [0.29, 0.717) is 49.0 Å². The Labute approximate surface area is 345 Å². The zero-order valence-electron chi connectivity index (χ0n) is 35.3. The first-order valence-corrected chi connectivity index (χ1v) is 23.5. The lowest BCUT2D eigenvalue weighted by Crippen LogP contribution is -2.34. The van der Waals surface area contributed by atoms with Gasteiger partial charge in [-0.15, -0.1) is 11.6 Å². The highest BCUT2D eigenvalue weighted by Gasteiger charge is 2.29. The lowest BCUT2D eigenvalue weighted by atomic mass is 9.82. The molecule has 2 aromatic heterocycles. The van der Waals surface area contributed by atoms with Gasteiger partial charge in [-0.1, -0.05) is 80.9 Å². The van der Waals surface area contributed by atoms with E-state index >= 15 is 0 Å². The largest absolute Gasteiger partial charge is 0.460 e. The molecular weight excluding hydrogens is 772 g/mol. The van der Waals surface area contributed by atoms with Crippen LogP contribution in [0, 0.1) is 11.8 Å². The lowest BCUT2D eigenvalue weighted by molar-refractivity contribution is -0.156. The van der Waals surface area contributed by atoms with Crippen LogP contribution in [0.15, 0.2) is 9.05 Å². The van der Waals surface area contributed by atoms with Gasteiger partial charge < -0.3 is 23.8 Å². The monoisotopic (exact) mass is 840 g/mol. The molecule has 2 aliphatic carbocycles. The van der Waals surface area contributed by atoms with Crippen LogP contribution in [0.5, 0.6) is 0 Å². The Balaban J connectivity index is 1.29. The van der Waals surface area contributed by atoms with Crippen LogP contribution in [0.3, 0.4) is 0 Å². The molecule has 2 N–H and O–H groups in total. The number of ether oxygens (including phenoxy) is 2. The Morgan fingerprint density at radius 2 is 1.28 bits per heavy atom. The predicted octanol–water partition coefficient (Wildman–Crippen LogP) is 8.40. The molecule has 0 amide bonds. The minimum atomic E-state index is -3.52. The fourth-order valence-corrected chi connectivity index (χ4v) is 9.36. The number of hydrogen-bond acceptors (Lipinski definition) is 13. The van der Waals surface area contributed by atoms with Crippen LogP contribution >= 0.6 is 11.6 Å². The molecule has 324 valence electrons. The molecule has 14 nitrogen and oxygen atoms in total. The molecule has 2 heterocycles. The first-order chi connectivity index (χ1) is 27.0. The molecule has 2 unspecified atom stereocenters. The van der Waals surface area contributed by atoms with Crippen molar-refractivity contribution in [2.75, 3.05) is 11.6 Å². The van der Waals surface area contributed by atoms with Crippen LogP contribution in [0.4, 0.5) is 0 Å². The van der Waals surface area contributed by atoms with E-state index in [1.807, 2.05) is 41.5 Å². The summed E-state index contributed by atoms with van der Waals surface area (Å²) in [6.07, 6.45) is 17.0. The summed E-state index contributed by atoms with van der Waals surface area (Å²) in [7, 11) is -3.52. The topological polar surface area (TPSA) is 189 Å². The second kappa shape index (κ2) is 22.7. The van der Waals surface area contributed by atoms with E-state index in [4.69, 9.17) is 35.1 Å². The van der Waals surface area contributed by atoms with E-state index in [9.17, 15) is 18.0 Å². The Morgan fingerprint density at radius 3 is 1.82 bits per heavy atom. The number of halogens is 1. The average molecular weight is 842 g/mol. The van der Waals surface area contributed by atoms with Gasteiger partial charge in [-0.2, -0.15) is 9.97 Å². The summed E-state index contributed by atoms with van der Waals surface area (Å²) in [5, 5.41) is 12.0. The van der Waals surface area contributed by atoms with Gasteiger partial charge >= 0.3 is 11.9 Å². The van der Waals surface area contributed by atoms with Crippen LogP contribution in [0.2, 0.25) is 0 Å². The number of hydrogen-bond donors (Lipinski definition) is 2. The molecule has 4 rings (SSSR count). The van der Waals surface area contributed by atoms with E-state index in [1.54, 1.807) is 0 Å². The lowest BCUT2D eigenvalue weighted by Gasteiger charge is -2.30. The molecule has 16 heteroatoms. The Hall–Kier alpha value is -2.62. The van der Waals surface area contributed by atoms with E-state index in [0.717, 1.165) is 57.3 Å². The van der Waals surface area contributed by atoms with Crippen LogP contribution < -0.4 is 10.0 Å². The summed E-state index contributed by atoms with van der Waals surface area (Å²) in [6.45, 7) is 11.5. The van der Waals surface area contributed by atoms with Crippen LogP contribution in [0.1, 0.15) is 192 Å². The highest BCUT2D eigenvalue weighted by Crippen LogP contribution is 2.34. The van der Waals surface area contributed by atoms with Crippen molar-refractivity contribution < 1.29 is 36.5 Å². The number of esters is 2. The van der Waals surface area contributed by atoms with Gasteiger partial charge in [0.2, 0.25) is 21.8 Å². The van der Waals surface area contributed by atoms with Crippen molar-refractivity contribution >= 4 is 33.6 Å². The van der Waals surface area contributed by atoms with Gasteiger partial charge in [-0.05, 0) is 85.5 Å². The van der Waals surface area contributed by atoms with Crippen molar-refractivity contribution in [1.29, 1.82) is 0 Å². The third-order valence-corrected chi connectivity index (χ3v) is 12.4. The maximum Gasteiger partial charge on any atom is 0.307 e. The van der Waals surface area contributed by atoms with Crippen molar-refractivity contribution in [2.45, 2.75) is 199 Å². The number of sulfonamides is 1. The molecule has 2 aromatic rings. The Morgan fingerprint density at radius 1 is 0.754 bits per heavy atom. The van der Waals surface area contributed by atoms with Gasteiger partial charge in [-0.25, -0.2) is 13.1 Å². The maximum atomic E-state index is 12.9. The molecule has 2 aliphatic rings. The smallest absolute Gasteiger partial charge is 0.307 e. The van der Waals surface area contributed by atoms with Gasteiger partial charge in [0.1, 0.15) is 11.2 Å². The zero-order valence-corrected chi connectivity index (χ0v) is 36.9. The highest BCUT2D eigenvalue weighted by molar-refractivity contribution is 7.89. The number of carbonyl (C=O) groups is 2.